The van der Waals surface area contributed by atoms with Crippen LogP contribution in [-0.2, 0) is 13.2 Å². The van der Waals surface area contributed by atoms with Crippen molar-refractivity contribution in [2.24, 2.45) is 5.92 Å². The number of nitrogens with zero attached hydrogens (tertiary/aromatic N) is 2. The van der Waals surface area contributed by atoms with Crippen molar-refractivity contribution in [1.82, 2.24) is 9.30 Å². The fourth-order valence-electron chi connectivity index (χ4n) is 3.14. The topological polar surface area (TPSA) is 53.2 Å². The second-order valence-corrected chi connectivity index (χ2v) is 7.57. The van der Waals surface area contributed by atoms with E-state index in [-0.39, 0.29) is 6.61 Å². The smallest absolute Gasteiger partial charge is 0.365 e. The molecule has 0 amide bonds. The van der Waals surface area contributed by atoms with Crippen molar-refractivity contribution in [2.75, 3.05) is 0 Å². The Morgan fingerprint density at radius 3 is 2.65 bits per heavy atom. The van der Waals surface area contributed by atoms with Gasteiger partial charge < -0.3 is 4.84 Å². The minimum atomic E-state index is -0.447. The van der Waals surface area contributed by atoms with E-state index in [1.165, 1.54) is 17.8 Å². The zero-order chi connectivity index (χ0) is 18.1. The third-order valence-corrected chi connectivity index (χ3v) is 5.84. The van der Waals surface area contributed by atoms with E-state index >= 15 is 0 Å². The van der Waals surface area contributed by atoms with Crippen molar-refractivity contribution in [2.45, 2.75) is 32.4 Å². The highest BCUT2D eigenvalue weighted by atomic mass is 32.1. The number of aromatic nitrogens is 2. The Morgan fingerprint density at radius 2 is 2.00 bits per heavy atom. The molecular weight excluding hydrogens is 348 g/mol. The van der Waals surface area contributed by atoms with Crippen LogP contribution in [0.1, 0.15) is 29.7 Å². The number of fused-ring (bicyclic) bond motifs is 1. The third kappa shape index (κ3) is 2.95. The molecule has 0 spiro atoms. The van der Waals surface area contributed by atoms with Gasteiger partial charge >= 0.3 is 11.2 Å². The molecule has 2 heterocycles. The number of rotatable bonds is 5. The summed E-state index contributed by atoms with van der Waals surface area (Å²) in [5.74, 6) is 3.03. The molecule has 1 aromatic carbocycles. The van der Waals surface area contributed by atoms with Crippen LogP contribution in [0.4, 0.5) is 0 Å². The molecule has 0 atom stereocenters. The average Bonchev–Trinajstić information content (AvgIpc) is 3.05. The van der Waals surface area contributed by atoms with Crippen LogP contribution >= 0.6 is 11.3 Å². The minimum absolute atomic E-state index is 0.151. The lowest BCUT2D eigenvalue weighted by molar-refractivity contribution is 0.0760. The maximum atomic E-state index is 13.0. The zero-order valence-electron chi connectivity index (χ0n) is 14.2. The highest BCUT2D eigenvalue weighted by Crippen LogP contribution is 2.29. The number of terminal acetylenes is 1. The molecule has 26 heavy (non-hydrogen) atoms. The fourth-order valence-corrected chi connectivity index (χ4v) is 4.03. The SMILES string of the molecule is C#Cc1cc2c(s1)c(=O)n(OCc1ccccc1)c(=O)n2CC1CCC1. The average molecular weight is 366 g/mol. The van der Waals surface area contributed by atoms with Crippen LogP contribution in [0.2, 0.25) is 0 Å². The minimum Gasteiger partial charge on any atom is -0.401 e. The highest BCUT2D eigenvalue weighted by molar-refractivity contribution is 7.19. The van der Waals surface area contributed by atoms with E-state index in [0.29, 0.717) is 27.6 Å². The summed E-state index contributed by atoms with van der Waals surface area (Å²) in [7, 11) is 0. The van der Waals surface area contributed by atoms with E-state index in [9.17, 15) is 9.59 Å². The summed E-state index contributed by atoms with van der Waals surface area (Å²) < 4.78 is 2.98. The third-order valence-electron chi connectivity index (χ3n) is 4.80. The summed E-state index contributed by atoms with van der Waals surface area (Å²) in [6, 6.07) is 11.2. The van der Waals surface area contributed by atoms with E-state index in [2.05, 4.69) is 5.92 Å². The summed E-state index contributed by atoms with van der Waals surface area (Å²) in [5.41, 5.74) is 0.619. The number of thiophene rings is 1. The van der Waals surface area contributed by atoms with Gasteiger partial charge in [-0.3, -0.25) is 9.36 Å². The second kappa shape index (κ2) is 6.85. The second-order valence-electron chi connectivity index (χ2n) is 6.52. The molecule has 3 aromatic rings. The lowest BCUT2D eigenvalue weighted by Gasteiger charge is -2.26. The Hall–Kier alpha value is -2.78. The number of hydrogen-bond acceptors (Lipinski definition) is 4. The van der Waals surface area contributed by atoms with E-state index < -0.39 is 11.2 Å². The summed E-state index contributed by atoms with van der Waals surface area (Å²) in [6.45, 7) is 0.739. The summed E-state index contributed by atoms with van der Waals surface area (Å²) in [4.78, 5) is 32.0. The van der Waals surface area contributed by atoms with Crippen LogP contribution in [0, 0.1) is 18.3 Å². The lowest BCUT2D eigenvalue weighted by atomic mass is 9.85. The molecule has 1 aliphatic carbocycles. The van der Waals surface area contributed by atoms with Crippen molar-refractivity contribution < 1.29 is 4.84 Å². The van der Waals surface area contributed by atoms with Gasteiger partial charge in [0.15, 0.2) is 0 Å². The molecule has 0 saturated heterocycles. The summed E-state index contributed by atoms with van der Waals surface area (Å²) in [5, 5.41) is 0. The molecule has 0 radical (unpaired) electrons. The Morgan fingerprint density at radius 1 is 1.23 bits per heavy atom. The van der Waals surface area contributed by atoms with Crippen molar-refractivity contribution >= 4 is 21.6 Å². The van der Waals surface area contributed by atoms with Crippen molar-refractivity contribution in [3.63, 3.8) is 0 Å². The van der Waals surface area contributed by atoms with Crippen molar-refractivity contribution in [3.8, 4) is 12.3 Å². The monoisotopic (exact) mass is 366 g/mol. The Balaban J connectivity index is 1.79. The van der Waals surface area contributed by atoms with Crippen molar-refractivity contribution in [1.29, 1.82) is 0 Å². The molecule has 0 unspecified atom stereocenters. The molecule has 2 aromatic heterocycles. The molecule has 0 N–H and O–H groups in total. The Labute approximate surface area is 154 Å². The van der Waals surface area contributed by atoms with Gasteiger partial charge in [-0.15, -0.1) is 17.8 Å². The Kier molecular flexibility index (Phi) is 4.39. The first-order chi connectivity index (χ1) is 12.7. The van der Waals surface area contributed by atoms with E-state index in [1.807, 2.05) is 30.3 Å². The van der Waals surface area contributed by atoms with Crippen LogP contribution in [0.5, 0.6) is 0 Å². The van der Waals surface area contributed by atoms with Crippen LogP contribution in [0.3, 0.4) is 0 Å². The van der Waals surface area contributed by atoms with Gasteiger partial charge in [0.25, 0.3) is 0 Å². The lowest BCUT2D eigenvalue weighted by Crippen LogP contribution is -2.44. The normalized spacial score (nSPS) is 14.1. The maximum absolute atomic E-state index is 13.0. The predicted molar refractivity (Wildman–Crippen MR) is 102 cm³/mol. The maximum Gasteiger partial charge on any atom is 0.365 e. The predicted octanol–water partition coefficient (Wildman–Crippen LogP) is 2.63. The molecule has 1 fully saturated rings. The van der Waals surface area contributed by atoms with Gasteiger partial charge in [-0.05, 0) is 30.4 Å². The molecule has 1 aliphatic rings. The van der Waals surface area contributed by atoms with E-state index in [1.54, 1.807) is 10.6 Å². The quantitative estimate of drug-likeness (QED) is 0.653. The van der Waals surface area contributed by atoms with Gasteiger partial charge in [-0.2, -0.15) is 0 Å². The molecule has 132 valence electrons. The van der Waals surface area contributed by atoms with Gasteiger partial charge in [0.2, 0.25) is 0 Å². The highest BCUT2D eigenvalue weighted by Gasteiger charge is 2.23. The first-order valence-corrected chi connectivity index (χ1v) is 9.42. The molecule has 6 heteroatoms. The zero-order valence-corrected chi connectivity index (χ0v) is 15.0. The van der Waals surface area contributed by atoms with Gasteiger partial charge in [-0.25, -0.2) is 4.79 Å². The Bertz CT molecular complexity index is 1100. The molecule has 5 nitrogen and oxygen atoms in total. The van der Waals surface area contributed by atoms with Gasteiger partial charge in [0, 0.05) is 6.54 Å². The first kappa shape index (κ1) is 16.7. The van der Waals surface area contributed by atoms with Crippen molar-refractivity contribution in [3.05, 3.63) is 67.7 Å². The van der Waals surface area contributed by atoms with Crippen LogP contribution in [0.25, 0.3) is 10.2 Å². The summed E-state index contributed by atoms with van der Waals surface area (Å²) in [6.07, 6.45) is 8.89. The van der Waals surface area contributed by atoms with Gasteiger partial charge in [0.1, 0.15) is 11.3 Å². The van der Waals surface area contributed by atoms with Gasteiger partial charge in [0.05, 0.1) is 10.4 Å². The summed E-state index contributed by atoms with van der Waals surface area (Å²) >= 11 is 1.23. The molecule has 0 bridgehead atoms. The molecule has 4 rings (SSSR count). The number of hydrogen-bond donors (Lipinski definition) is 0. The molecule has 0 aliphatic heterocycles. The number of benzene rings is 1. The van der Waals surface area contributed by atoms with Crippen LogP contribution in [-0.4, -0.2) is 9.30 Å². The standard InChI is InChI=1S/C20H18N2O3S/c1-2-16-11-17-18(26-16)19(23)22(25-13-15-7-4-3-5-8-15)20(24)21(17)12-14-9-6-10-14/h1,3-5,7-8,11,14H,6,9-10,12-13H2. The van der Waals surface area contributed by atoms with Gasteiger partial charge in [-0.1, -0.05) is 47.4 Å². The van der Waals surface area contributed by atoms with Crippen LogP contribution < -0.4 is 16.1 Å². The van der Waals surface area contributed by atoms with E-state index in [0.717, 1.165) is 23.1 Å². The molecular formula is C20H18N2O3S. The molecule has 1 saturated carbocycles. The largest absolute Gasteiger partial charge is 0.401 e. The fraction of sp³-hybridized carbons (Fsp3) is 0.300. The first-order valence-electron chi connectivity index (χ1n) is 8.60. The van der Waals surface area contributed by atoms with E-state index in [4.69, 9.17) is 11.3 Å². The van der Waals surface area contributed by atoms with Crippen LogP contribution in [0.15, 0.2) is 46.0 Å².